The quantitative estimate of drug-likeness (QED) is 0.384. The zero-order chi connectivity index (χ0) is 21.0. The lowest BCUT2D eigenvalue weighted by atomic mass is 9.83. The molecular formula is C25H30O4. The molecule has 4 nitrogen and oxygen atoms in total. The van der Waals surface area contributed by atoms with Gasteiger partial charge in [0.15, 0.2) is 5.41 Å². The maximum atomic E-state index is 12.7. The number of fused-ring (bicyclic) bond motifs is 1. The van der Waals surface area contributed by atoms with Gasteiger partial charge in [0.25, 0.3) is 0 Å². The summed E-state index contributed by atoms with van der Waals surface area (Å²) < 4.78 is 10.1. The molecule has 1 aliphatic carbocycles. The third-order valence-electron chi connectivity index (χ3n) is 6.08. The van der Waals surface area contributed by atoms with E-state index >= 15 is 0 Å². The van der Waals surface area contributed by atoms with Gasteiger partial charge in [-0.25, -0.2) is 0 Å². The van der Waals surface area contributed by atoms with E-state index in [2.05, 4.69) is 32.0 Å². The van der Waals surface area contributed by atoms with E-state index in [1.54, 1.807) is 0 Å². The van der Waals surface area contributed by atoms with Crippen LogP contribution in [0.4, 0.5) is 0 Å². The summed E-state index contributed by atoms with van der Waals surface area (Å²) in [5.41, 5.74) is 5.55. The minimum Gasteiger partial charge on any atom is -0.468 e. The van der Waals surface area contributed by atoms with Crippen molar-refractivity contribution >= 4 is 11.9 Å². The van der Waals surface area contributed by atoms with Gasteiger partial charge in [-0.15, -0.1) is 0 Å². The number of benzene rings is 2. The first-order chi connectivity index (χ1) is 14.0. The number of methoxy groups -OCH3 is 2. The number of rotatable bonds is 7. The second-order valence-corrected chi connectivity index (χ2v) is 7.93. The molecule has 3 rings (SSSR count). The molecule has 2 aromatic carbocycles. The SMILES string of the molecule is CCCCCc1cc(C)c2c(c1-c1ccccc1)CC(C(=O)OC)(C(=O)OC)C2. The zero-order valence-corrected chi connectivity index (χ0v) is 17.8. The first-order valence-electron chi connectivity index (χ1n) is 10.3. The van der Waals surface area contributed by atoms with Crippen LogP contribution in [-0.4, -0.2) is 26.2 Å². The summed E-state index contributed by atoms with van der Waals surface area (Å²) in [6.45, 7) is 4.27. The van der Waals surface area contributed by atoms with Crippen molar-refractivity contribution < 1.29 is 19.1 Å². The van der Waals surface area contributed by atoms with Crippen LogP contribution in [0.1, 0.15) is 48.4 Å². The van der Waals surface area contributed by atoms with E-state index < -0.39 is 17.4 Å². The van der Waals surface area contributed by atoms with E-state index in [0.29, 0.717) is 12.8 Å². The number of esters is 2. The molecule has 2 aromatic rings. The van der Waals surface area contributed by atoms with Crippen LogP contribution in [0.3, 0.4) is 0 Å². The number of unbranched alkanes of at least 4 members (excludes halogenated alkanes) is 2. The third-order valence-corrected chi connectivity index (χ3v) is 6.08. The van der Waals surface area contributed by atoms with Gasteiger partial charge in [-0.1, -0.05) is 56.2 Å². The standard InChI is InChI=1S/C25H30O4/c1-5-6-8-13-19-14-17(2)20-15-25(23(26)28-3,24(27)29-4)16-21(20)22(19)18-11-9-7-10-12-18/h7,9-12,14H,5-6,8,13,15-16H2,1-4H3. The lowest BCUT2D eigenvalue weighted by Gasteiger charge is -2.22. The molecule has 1 aliphatic rings. The zero-order valence-electron chi connectivity index (χ0n) is 17.8. The van der Waals surface area contributed by atoms with Crippen LogP contribution in [0.5, 0.6) is 0 Å². The van der Waals surface area contributed by atoms with E-state index in [4.69, 9.17) is 9.47 Å². The van der Waals surface area contributed by atoms with E-state index in [1.165, 1.54) is 32.6 Å². The molecule has 0 fully saturated rings. The number of carbonyl (C=O) groups is 2. The molecule has 0 saturated heterocycles. The molecule has 29 heavy (non-hydrogen) atoms. The van der Waals surface area contributed by atoms with Crippen LogP contribution in [0.15, 0.2) is 36.4 Å². The van der Waals surface area contributed by atoms with Crippen molar-refractivity contribution in [1.29, 1.82) is 0 Å². The summed E-state index contributed by atoms with van der Waals surface area (Å²) in [7, 11) is 2.66. The minimum atomic E-state index is -1.30. The second-order valence-electron chi connectivity index (χ2n) is 7.93. The number of aryl methyl sites for hydroxylation is 2. The predicted molar refractivity (Wildman–Crippen MR) is 114 cm³/mol. The second kappa shape index (κ2) is 8.81. The van der Waals surface area contributed by atoms with Crippen LogP contribution in [-0.2, 0) is 38.3 Å². The average molecular weight is 395 g/mol. The number of ether oxygens (including phenoxy) is 2. The molecular weight excluding hydrogens is 364 g/mol. The third kappa shape index (κ3) is 3.81. The fourth-order valence-corrected chi connectivity index (χ4v) is 4.60. The Labute approximate surface area is 173 Å². The largest absolute Gasteiger partial charge is 0.468 e. The van der Waals surface area contributed by atoms with Crippen molar-refractivity contribution in [2.75, 3.05) is 14.2 Å². The van der Waals surface area contributed by atoms with Crippen molar-refractivity contribution in [2.24, 2.45) is 5.41 Å². The fraction of sp³-hybridized carbons (Fsp3) is 0.440. The van der Waals surface area contributed by atoms with Crippen LogP contribution < -0.4 is 0 Å². The average Bonchev–Trinajstić information content (AvgIpc) is 3.16. The monoisotopic (exact) mass is 394 g/mol. The van der Waals surface area contributed by atoms with Crippen LogP contribution in [0.2, 0.25) is 0 Å². The minimum absolute atomic E-state index is 0.314. The Kier molecular flexibility index (Phi) is 6.41. The van der Waals surface area contributed by atoms with Crippen LogP contribution in [0, 0.1) is 12.3 Å². The molecule has 0 bridgehead atoms. The molecule has 0 atom stereocenters. The first-order valence-corrected chi connectivity index (χ1v) is 10.3. The van der Waals surface area contributed by atoms with E-state index in [-0.39, 0.29) is 0 Å². The highest BCUT2D eigenvalue weighted by atomic mass is 16.5. The Morgan fingerprint density at radius 1 is 0.966 bits per heavy atom. The molecule has 0 aliphatic heterocycles. The maximum Gasteiger partial charge on any atom is 0.323 e. The Balaban J connectivity index is 2.18. The highest BCUT2D eigenvalue weighted by Crippen LogP contribution is 2.46. The number of carbonyl (C=O) groups excluding carboxylic acids is 2. The van der Waals surface area contributed by atoms with Gasteiger partial charge in [-0.05, 0) is 53.1 Å². The van der Waals surface area contributed by atoms with Gasteiger partial charge in [-0.3, -0.25) is 9.59 Å². The lowest BCUT2D eigenvalue weighted by Crippen LogP contribution is -2.42. The Hall–Kier alpha value is -2.62. The van der Waals surface area contributed by atoms with Crippen molar-refractivity contribution in [2.45, 2.75) is 52.4 Å². The van der Waals surface area contributed by atoms with Crippen LogP contribution in [0.25, 0.3) is 11.1 Å². The summed E-state index contributed by atoms with van der Waals surface area (Å²) in [5.74, 6) is -1.04. The molecule has 0 saturated carbocycles. The Morgan fingerprint density at radius 3 is 2.17 bits per heavy atom. The predicted octanol–water partition coefficient (Wildman–Crippen LogP) is 4.83. The first kappa shape index (κ1) is 21.1. The van der Waals surface area contributed by atoms with Gasteiger partial charge in [-0.2, -0.15) is 0 Å². The molecule has 4 heteroatoms. The lowest BCUT2D eigenvalue weighted by molar-refractivity contribution is -0.168. The summed E-state index contributed by atoms with van der Waals surface area (Å²) in [6.07, 6.45) is 5.08. The van der Waals surface area contributed by atoms with Gasteiger partial charge in [0.2, 0.25) is 0 Å². The van der Waals surface area contributed by atoms with Crippen molar-refractivity contribution in [1.82, 2.24) is 0 Å². The van der Waals surface area contributed by atoms with Crippen molar-refractivity contribution in [3.8, 4) is 11.1 Å². The van der Waals surface area contributed by atoms with Gasteiger partial charge < -0.3 is 9.47 Å². The topological polar surface area (TPSA) is 52.6 Å². The summed E-state index contributed by atoms with van der Waals surface area (Å²) in [6, 6.07) is 12.5. The van der Waals surface area contributed by atoms with Crippen molar-refractivity contribution in [3.63, 3.8) is 0 Å². The molecule has 154 valence electrons. The summed E-state index contributed by atoms with van der Waals surface area (Å²) in [4.78, 5) is 25.5. The smallest absolute Gasteiger partial charge is 0.323 e. The highest BCUT2D eigenvalue weighted by molar-refractivity contribution is 6.02. The van der Waals surface area contributed by atoms with E-state index in [0.717, 1.165) is 40.7 Å². The summed E-state index contributed by atoms with van der Waals surface area (Å²) in [5, 5.41) is 0. The Morgan fingerprint density at radius 2 is 1.59 bits per heavy atom. The molecule has 0 unspecified atom stereocenters. The molecule has 0 aromatic heterocycles. The maximum absolute atomic E-state index is 12.7. The van der Waals surface area contributed by atoms with Crippen LogP contribution >= 0.6 is 0 Å². The molecule has 0 radical (unpaired) electrons. The van der Waals surface area contributed by atoms with E-state index in [1.807, 2.05) is 18.2 Å². The van der Waals surface area contributed by atoms with Gasteiger partial charge in [0.1, 0.15) is 0 Å². The van der Waals surface area contributed by atoms with Gasteiger partial charge in [0.05, 0.1) is 14.2 Å². The van der Waals surface area contributed by atoms with Gasteiger partial charge in [0, 0.05) is 12.8 Å². The van der Waals surface area contributed by atoms with E-state index in [9.17, 15) is 9.59 Å². The molecule has 0 amide bonds. The van der Waals surface area contributed by atoms with Gasteiger partial charge >= 0.3 is 11.9 Å². The highest BCUT2D eigenvalue weighted by Gasteiger charge is 2.53. The number of hydrogen-bond donors (Lipinski definition) is 0. The molecule has 0 N–H and O–H groups in total. The molecule has 0 heterocycles. The Bertz CT molecular complexity index is 883. The normalized spacial score (nSPS) is 14.3. The molecule has 0 spiro atoms. The van der Waals surface area contributed by atoms with Crippen molar-refractivity contribution in [3.05, 3.63) is 58.7 Å². The summed E-state index contributed by atoms with van der Waals surface area (Å²) >= 11 is 0. The number of hydrogen-bond acceptors (Lipinski definition) is 4. The fourth-order valence-electron chi connectivity index (χ4n) is 4.60.